The van der Waals surface area contributed by atoms with Crippen LogP contribution in [0.4, 0.5) is 5.69 Å². The van der Waals surface area contributed by atoms with E-state index in [1.165, 1.54) is 23.8 Å². The number of ether oxygens (including phenoxy) is 1. The highest BCUT2D eigenvalue weighted by Gasteiger charge is 2.14. The summed E-state index contributed by atoms with van der Waals surface area (Å²) in [5.74, 6) is -1.21. The molecule has 21 heavy (non-hydrogen) atoms. The molecule has 0 unspecified atom stereocenters. The first-order valence-electron chi connectivity index (χ1n) is 6.42. The van der Waals surface area contributed by atoms with Crippen LogP contribution in [0.15, 0.2) is 29.2 Å². The summed E-state index contributed by atoms with van der Waals surface area (Å²) in [6, 6.07) is 7.48. The normalized spacial score (nSPS) is 10.6. The van der Waals surface area contributed by atoms with Crippen LogP contribution >= 0.6 is 11.8 Å². The van der Waals surface area contributed by atoms with E-state index in [0.29, 0.717) is 13.2 Å². The Morgan fingerprint density at radius 3 is 2.67 bits per heavy atom. The molecule has 0 fully saturated rings. The van der Waals surface area contributed by atoms with Crippen molar-refractivity contribution in [2.75, 3.05) is 44.9 Å². The second kappa shape index (κ2) is 9.38. The van der Waals surface area contributed by atoms with Gasteiger partial charge in [0.1, 0.15) is 0 Å². The number of carbonyl (C=O) groups excluding carboxylic acids is 1. The summed E-state index contributed by atoms with van der Waals surface area (Å²) in [4.78, 5) is 25.3. The van der Waals surface area contributed by atoms with Crippen LogP contribution in [-0.2, 0) is 14.3 Å². The Balaban J connectivity index is 2.62. The van der Waals surface area contributed by atoms with E-state index in [2.05, 4.69) is 5.32 Å². The second-order valence-corrected chi connectivity index (χ2v) is 5.19. The fourth-order valence-electron chi connectivity index (χ4n) is 1.77. The van der Waals surface area contributed by atoms with Gasteiger partial charge in [-0.3, -0.25) is 14.5 Å². The first-order valence-corrected chi connectivity index (χ1v) is 7.65. The largest absolute Gasteiger partial charge is 0.480 e. The van der Waals surface area contributed by atoms with Crippen molar-refractivity contribution in [3.8, 4) is 0 Å². The lowest BCUT2D eigenvalue weighted by Gasteiger charge is -2.19. The number of carboxylic acids is 1. The van der Waals surface area contributed by atoms with Crippen LogP contribution in [0.25, 0.3) is 0 Å². The van der Waals surface area contributed by atoms with Gasteiger partial charge in [-0.15, -0.1) is 11.8 Å². The Labute approximate surface area is 128 Å². The summed E-state index contributed by atoms with van der Waals surface area (Å²) in [6.07, 6.45) is 1.93. The first kappa shape index (κ1) is 17.5. The number of amides is 1. The smallest absolute Gasteiger partial charge is 0.317 e. The number of aliphatic carboxylic acids is 1. The number of hydrogen-bond acceptors (Lipinski definition) is 5. The second-order valence-electron chi connectivity index (χ2n) is 4.35. The molecule has 0 atom stereocenters. The maximum absolute atomic E-state index is 12.0. The molecule has 6 nitrogen and oxygen atoms in total. The molecule has 0 aliphatic rings. The van der Waals surface area contributed by atoms with Crippen LogP contribution in [0.3, 0.4) is 0 Å². The summed E-state index contributed by atoms with van der Waals surface area (Å²) in [5, 5.41) is 11.7. The minimum Gasteiger partial charge on any atom is -0.480 e. The van der Waals surface area contributed by atoms with Crippen molar-refractivity contribution in [3.63, 3.8) is 0 Å². The van der Waals surface area contributed by atoms with E-state index in [-0.39, 0.29) is 19.0 Å². The van der Waals surface area contributed by atoms with Crippen molar-refractivity contribution < 1.29 is 19.4 Å². The zero-order valence-electron chi connectivity index (χ0n) is 12.2. The van der Waals surface area contributed by atoms with Gasteiger partial charge in [0.25, 0.3) is 0 Å². The molecule has 0 radical (unpaired) electrons. The number of nitrogens with one attached hydrogen (secondary N) is 1. The maximum atomic E-state index is 12.0. The Kier molecular flexibility index (Phi) is 7.81. The van der Waals surface area contributed by atoms with Crippen LogP contribution in [0.1, 0.15) is 0 Å². The Morgan fingerprint density at radius 1 is 1.33 bits per heavy atom. The van der Waals surface area contributed by atoms with Gasteiger partial charge in [0.05, 0.1) is 25.4 Å². The molecule has 0 bridgehead atoms. The van der Waals surface area contributed by atoms with E-state index in [0.717, 1.165) is 10.6 Å². The molecule has 1 aromatic carbocycles. The summed E-state index contributed by atoms with van der Waals surface area (Å²) >= 11 is 1.54. The quantitative estimate of drug-likeness (QED) is 0.671. The number of nitrogens with zero attached hydrogens (tertiary/aromatic N) is 1. The summed E-state index contributed by atoms with van der Waals surface area (Å²) in [5.41, 5.74) is 0.733. The molecule has 0 aliphatic heterocycles. The van der Waals surface area contributed by atoms with Crippen molar-refractivity contribution >= 4 is 29.3 Å². The molecule has 0 saturated carbocycles. The van der Waals surface area contributed by atoms with Gasteiger partial charge >= 0.3 is 5.97 Å². The monoisotopic (exact) mass is 312 g/mol. The molecule has 0 spiro atoms. The zero-order chi connectivity index (χ0) is 15.7. The number of carbonyl (C=O) groups is 2. The van der Waals surface area contributed by atoms with E-state index in [4.69, 9.17) is 9.84 Å². The van der Waals surface area contributed by atoms with Crippen LogP contribution in [-0.4, -0.2) is 61.5 Å². The number of methoxy groups -OCH3 is 1. The molecule has 116 valence electrons. The molecule has 1 rings (SSSR count). The Hall–Kier alpha value is -1.57. The molecule has 1 aromatic rings. The summed E-state index contributed by atoms with van der Waals surface area (Å²) in [6.45, 7) is 0.585. The molecular formula is C14H20N2O4S. The van der Waals surface area contributed by atoms with Crippen LogP contribution in [0.5, 0.6) is 0 Å². The summed E-state index contributed by atoms with van der Waals surface area (Å²) in [7, 11) is 1.54. The van der Waals surface area contributed by atoms with Gasteiger partial charge < -0.3 is 15.2 Å². The van der Waals surface area contributed by atoms with Crippen LogP contribution in [0.2, 0.25) is 0 Å². The number of benzene rings is 1. The summed E-state index contributed by atoms with van der Waals surface area (Å²) < 4.78 is 4.92. The van der Waals surface area contributed by atoms with Crippen LogP contribution in [0, 0.1) is 0 Å². The minimum atomic E-state index is -0.969. The molecule has 0 saturated heterocycles. The lowest BCUT2D eigenvalue weighted by atomic mass is 10.3. The topological polar surface area (TPSA) is 78.9 Å². The van der Waals surface area contributed by atoms with Crippen molar-refractivity contribution in [2.24, 2.45) is 0 Å². The average molecular weight is 312 g/mol. The third kappa shape index (κ3) is 6.61. The van der Waals surface area contributed by atoms with E-state index >= 15 is 0 Å². The van der Waals surface area contributed by atoms with Crippen molar-refractivity contribution in [1.29, 1.82) is 0 Å². The fraction of sp³-hybridized carbons (Fsp3) is 0.429. The highest BCUT2D eigenvalue weighted by atomic mass is 32.2. The number of anilines is 1. The number of carboxylic acid groups (broad SMARTS) is 1. The van der Waals surface area contributed by atoms with Gasteiger partial charge in [0, 0.05) is 18.6 Å². The van der Waals surface area contributed by atoms with Crippen LogP contribution < -0.4 is 5.32 Å². The number of rotatable bonds is 9. The van der Waals surface area contributed by atoms with Gasteiger partial charge in [-0.05, 0) is 18.4 Å². The molecule has 0 heterocycles. The maximum Gasteiger partial charge on any atom is 0.317 e. The molecule has 0 aromatic heterocycles. The van der Waals surface area contributed by atoms with Gasteiger partial charge in [-0.2, -0.15) is 0 Å². The SMILES string of the molecule is COCCN(CC(=O)O)CC(=O)Nc1ccccc1SC. The molecule has 1 amide bonds. The van der Waals surface area contributed by atoms with E-state index in [1.54, 1.807) is 0 Å². The van der Waals surface area contributed by atoms with Gasteiger partial charge in [-0.25, -0.2) is 0 Å². The number of hydrogen-bond donors (Lipinski definition) is 2. The first-order chi connectivity index (χ1) is 10.1. The molecule has 2 N–H and O–H groups in total. The van der Waals surface area contributed by atoms with Gasteiger partial charge in [-0.1, -0.05) is 12.1 Å². The predicted octanol–water partition coefficient (Wildman–Crippen LogP) is 1.38. The van der Waals surface area contributed by atoms with E-state index < -0.39 is 5.97 Å². The third-order valence-electron chi connectivity index (χ3n) is 2.72. The highest BCUT2D eigenvalue weighted by Crippen LogP contribution is 2.24. The highest BCUT2D eigenvalue weighted by molar-refractivity contribution is 7.98. The minimum absolute atomic E-state index is 0.0123. The van der Waals surface area contributed by atoms with Crippen molar-refractivity contribution in [2.45, 2.75) is 4.90 Å². The average Bonchev–Trinajstić information content (AvgIpc) is 2.44. The van der Waals surface area contributed by atoms with Gasteiger partial charge in [0.2, 0.25) is 5.91 Å². The van der Waals surface area contributed by atoms with E-state index in [1.807, 2.05) is 30.5 Å². The molecule has 0 aliphatic carbocycles. The van der Waals surface area contributed by atoms with Crippen molar-refractivity contribution in [3.05, 3.63) is 24.3 Å². The predicted molar refractivity (Wildman–Crippen MR) is 82.8 cm³/mol. The molecule has 7 heteroatoms. The Bertz CT molecular complexity index is 482. The lowest BCUT2D eigenvalue weighted by molar-refractivity contribution is -0.138. The number of thioether (sulfide) groups is 1. The zero-order valence-corrected chi connectivity index (χ0v) is 13.0. The van der Waals surface area contributed by atoms with Crippen molar-refractivity contribution in [1.82, 2.24) is 4.90 Å². The number of para-hydroxylation sites is 1. The Morgan fingerprint density at radius 2 is 2.05 bits per heavy atom. The standard InChI is InChI=1S/C14H20N2O4S/c1-20-8-7-16(10-14(18)19)9-13(17)15-11-5-3-4-6-12(11)21-2/h3-6H,7-10H2,1-2H3,(H,15,17)(H,18,19). The fourth-order valence-corrected chi connectivity index (χ4v) is 2.32. The third-order valence-corrected chi connectivity index (χ3v) is 3.51. The van der Waals surface area contributed by atoms with Gasteiger partial charge in [0.15, 0.2) is 0 Å². The lowest BCUT2D eigenvalue weighted by Crippen LogP contribution is -2.38. The molecular weight excluding hydrogens is 292 g/mol. The van der Waals surface area contributed by atoms with E-state index in [9.17, 15) is 9.59 Å².